The molecule has 1 aliphatic rings. The number of thioether (sulfide) groups is 1. The number of piperidine rings is 1. The zero-order chi connectivity index (χ0) is 13.0. The predicted molar refractivity (Wildman–Crippen MR) is 74.4 cm³/mol. The molecule has 1 aromatic heterocycles. The number of hydrogen-bond donors (Lipinski definition) is 1. The van der Waals surface area contributed by atoms with Crippen LogP contribution in [0.3, 0.4) is 0 Å². The van der Waals surface area contributed by atoms with Crippen LogP contribution >= 0.6 is 11.8 Å². The molecule has 5 heteroatoms. The Morgan fingerprint density at radius 1 is 1.56 bits per heavy atom. The van der Waals surface area contributed by atoms with E-state index in [1.807, 2.05) is 11.0 Å². The maximum absolute atomic E-state index is 12.0. The van der Waals surface area contributed by atoms with Gasteiger partial charge >= 0.3 is 0 Å². The lowest BCUT2D eigenvalue weighted by molar-refractivity contribution is -0.129. The molecule has 2 heterocycles. The second kappa shape index (κ2) is 6.09. The molecule has 1 amide bonds. The zero-order valence-corrected chi connectivity index (χ0v) is 11.4. The van der Waals surface area contributed by atoms with Crippen LogP contribution in [0, 0.1) is 5.92 Å². The molecule has 1 fully saturated rings. The van der Waals surface area contributed by atoms with Gasteiger partial charge in [-0.25, -0.2) is 0 Å². The van der Waals surface area contributed by atoms with Crippen LogP contribution in [0.5, 0.6) is 0 Å². The fraction of sp³-hybridized carbons (Fsp3) is 0.538. The van der Waals surface area contributed by atoms with Crippen LogP contribution in [0.2, 0.25) is 0 Å². The number of nitrogen functional groups attached to an aromatic ring is 1. The van der Waals surface area contributed by atoms with Gasteiger partial charge in [0.25, 0.3) is 0 Å². The van der Waals surface area contributed by atoms with Crippen molar-refractivity contribution < 1.29 is 4.79 Å². The van der Waals surface area contributed by atoms with Crippen molar-refractivity contribution in [2.45, 2.75) is 24.7 Å². The van der Waals surface area contributed by atoms with Crippen LogP contribution in [0.25, 0.3) is 0 Å². The second-order valence-electron chi connectivity index (χ2n) is 4.77. The molecular weight excluding hydrogens is 246 g/mol. The van der Waals surface area contributed by atoms with E-state index in [2.05, 4.69) is 11.9 Å². The number of carbonyl (C=O) groups excluding carboxylic acids is 1. The third-order valence-corrected chi connectivity index (χ3v) is 4.37. The third kappa shape index (κ3) is 3.38. The van der Waals surface area contributed by atoms with Gasteiger partial charge in [0, 0.05) is 24.2 Å². The lowest BCUT2D eigenvalue weighted by Gasteiger charge is -2.30. The second-order valence-corrected chi connectivity index (χ2v) is 5.78. The van der Waals surface area contributed by atoms with Gasteiger partial charge in [0.1, 0.15) is 0 Å². The van der Waals surface area contributed by atoms with E-state index in [-0.39, 0.29) is 5.91 Å². The Morgan fingerprint density at radius 2 is 2.28 bits per heavy atom. The summed E-state index contributed by atoms with van der Waals surface area (Å²) in [7, 11) is 0. The average molecular weight is 265 g/mol. The normalized spacial score (nSPS) is 16.8. The van der Waals surface area contributed by atoms with Crippen LogP contribution in [0.1, 0.15) is 19.8 Å². The molecule has 1 saturated heterocycles. The molecule has 18 heavy (non-hydrogen) atoms. The fourth-order valence-electron chi connectivity index (χ4n) is 2.01. The van der Waals surface area contributed by atoms with Gasteiger partial charge in [-0.1, -0.05) is 6.92 Å². The number of nitrogens with two attached hydrogens (primary N) is 1. The van der Waals surface area contributed by atoms with Crippen molar-refractivity contribution in [2.24, 2.45) is 5.92 Å². The Balaban J connectivity index is 1.83. The van der Waals surface area contributed by atoms with Gasteiger partial charge in [-0.15, -0.1) is 11.8 Å². The van der Waals surface area contributed by atoms with Gasteiger partial charge < -0.3 is 10.6 Å². The van der Waals surface area contributed by atoms with Crippen molar-refractivity contribution in [3.63, 3.8) is 0 Å². The summed E-state index contributed by atoms with van der Waals surface area (Å²) in [5, 5.41) is 0. The number of aromatic nitrogens is 1. The molecule has 0 saturated carbocycles. The molecule has 0 spiro atoms. The minimum absolute atomic E-state index is 0.211. The topological polar surface area (TPSA) is 59.2 Å². The summed E-state index contributed by atoms with van der Waals surface area (Å²) < 4.78 is 0. The third-order valence-electron chi connectivity index (χ3n) is 3.30. The molecule has 2 N–H and O–H groups in total. The molecule has 0 bridgehead atoms. The molecule has 98 valence electrons. The highest BCUT2D eigenvalue weighted by Gasteiger charge is 2.20. The lowest BCUT2D eigenvalue weighted by Crippen LogP contribution is -2.38. The molecule has 0 radical (unpaired) electrons. The Morgan fingerprint density at radius 3 is 2.94 bits per heavy atom. The first kappa shape index (κ1) is 13.2. The monoisotopic (exact) mass is 265 g/mol. The summed E-state index contributed by atoms with van der Waals surface area (Å²) in [6.45, 7) is 4.03. The van der Waals surface area contributed by atoms with Crippen molar-refractivity contribution in [3.05, 3.63) is 18.5 Å². The summed E-state index contributed by atoms with van der Waals surface area (Å²) in [6, 6.07) is 1.85. The van der Waals surface area contributed by atoms with E-state index >= 15 is 0 Å². The number of nitrogens with zero attached hydrogens (tertiary/aromatic N) is 2. The maximum atomic E-state index is 12.0. The van der Waals surface area contributed by atoms with Crippen molar-refractivity contribution in [3.8, 4) is 0 Å². The van der Waals surface area contributed by atoms with Crippen molar-refractivity contribution >= 4 is 23.4 Å². The van der Waals surface area contributed by atoms with E-state index in [0.29, 0.717) is 11.4 Å². The zero-order valence-electron chi connectivity index (χ0n) is 10.6. The Hall–Kier alpha value is -1.23. The number of rotatable bonds is 3. The Labute approximate surface area is 112 Å². The standard InChI is InChI=1S/C13H19N3OS/c1-10-3-6-16(7-4-10)13(17)9-18-12-2-5-15-8-11(12)14/h2,5,8,10H,3-4,6-7,9,14H2,1H3. The molecule has 0 aliphatic carbocycles. The predicted octanol–water partition coefficient (Wildman–Crippen LogP) is 2.01. The highest BCUT2D eigenvalue weighted by molar-refractivity contribution is 8.00. The molecular formula is C13H19N3OS. The fourth-order valence-corrected chi connectivity index (χ4v) is 2.85. The maximum Gasteiger partial charge on any atom is 0.232 e. The van der Waals surface area contributed by atoms with Gasteiger partial charge in [0.05, 0.1) is 17.6 Å². The number of pyridine rings is 1. The minimum atomic E-state index is 0.211. The quantitative estimate of drug-likeness (QED) is 0.849. The van der Waals surface area contributed by atoms with Crippen LogP contribution in [-0.4, -0.2) is 34.6 Å². The first-order chi connectivity index (χ1) is 8.66. The first-order valence-corrected chi connectivity index (χ1v) is 7.25. The van der Waals surface area contributed by atoms with E-state index in [4.69, 9.17) is 5.73 Å². The highest BCUT2D eigenvalue weighted by Crippen LogP contribution is 2.24. The van der Waals surface area contributed by atoms with Gasteiger partial charge in [0.2, 0.25) is 5.91 Å². The van der Waals surface area contributed by atoms with E-state index in [1.54, 1.807) is 12.4 Å². The van der Waals surface area contributed by atoms with Crippen molar-refractivity contribution in [1.29, 1.82) is 0 Å². The largest absolute Gasteiger partial charge is 0.397 e. The van der Waals surface area contributed by atoms with Crippen molar-refractivity contribution in [2.75, 3.05) is 24.6 Å². The molecule has 0 atom stereocenters. The Kier molecular flexibility index (Phi) is 4.47. The smallest absolute Gasteiger partial charge is 0.232 e. The van der Waals surface area contributed by atoms with Crippen molar-refractivity contribution in [1.82, 2.24) is 9.88 Å². The van der Waals surface area contributed by atoms with E-state index in [9.17, 15) is 4.79 Å². The van der Waals surface area contributed by atoms with Gasteiger partial charge in [-0.2, -0.15) is 0 Å². The molecule has 1 aromatic rings. The lowest BCUT2D eigenvalue weighted by atomic mass is 9.99. The van der Waals surface area contributed by atoms with Crippen LogP contribution in [0.15, 0.2) is 23.4 Å². The molecule has 1 aliphatic heterocycles. The number of carbonyl (C=O) groups is 1. The number of anilines is 1. The first-order valence-electron chi connectivity index (χ1n) is 6.27. The van der Waals surface area contributed by atoms with E-state index < -0.39 is 0 Å². The molecule has 2 rings (SSSR count). The van der Waals surface area contributed by atoms with E-state index in [0.717, 1.165) is 36.7 Å². The van der Waals surface area contributed by atoms with Crippen LogP contribution < -0.4 is 5.73 Å². The number of amides is 1. The number of likely N-dealkylation sites (tertiary alicyclic amines) is 1. The summed E-state index contributed by atoms with van der Waals surface area (Å²) in [4.78, 5) is 18.9. The van der Waals surface area contributed by atoms with Crippen LogP contribution in [-0.2, 0) is 4.79 Å². The molecule has 0 unspecified atom stereocenters. The average Bonchev–Trinajstić information content (AvgIpc) is 2.38. The summed E-state index contributed by atoms with van der Waals surface area (Å²) in [5.74, 6) is 1.42. The van der Waals surface area contributed by atoms with Gasteiger partial charge in [-0.3, -0.25) is 9.78 Å². The summed E-state index contributed by atoms with van der Waals surface area (Å²) in [5.41, 5.74) is 6.44. The minimum Gasteiger partial charge on any atom is -0.397 e. The van der Waals surface area contributed by atoms with Crippen LogP contribution in [0.4, 0.5) is 5.69 Å². The highest BCUT2D eigenvalue weighted by atomic mass is 32.2. The summed E-state index contributed by atoms with van der Waals surface area (Å²) in [6.07, 6.45) is 5.56. The molecule has 4 nitrogen and oxygen atoms in total. The summed E-state index contributed by atoms with van der Waals surface area (Å²) >= 11 is 1.49. The molecule has 0 aromatic carbocycles. The van der Waals surface area contributed by atoms with Gasteiger partial charge in [-0.05, 0) is 24.8 Å². The number of hydrogen-bond acceptors (Lipinski definition) is 4. The Bertz CT molecular complexity index is 416. The van der Waals surface area contributed by atoms with Gasteiger partial charge in [0.15, 0.2) is 0 Å². The van der Waals surface area contributed by atoms with E-state index in [1.165, 1.54) is 11.8 Å². The SMILES string of the molecule is CC1CCN(C(=O)CSc2ccncc2N)CC1.